The van der Waals surface area contributed by atoms with E-state index in [1.54, 1.807) is 0 Å². The highest BCUT2D eigenvalue weighted by Crippen LogP contribution is 2.29. The van der Waals surface area contributed by atoms with Crippen molar-refractivity contribution in [1.29, 1.82) is 0 Å². The van der Waals surface area contributed by atoms with Crippen LogP contribution in [0.1, 0.15) is 37.3 Å². The second-order valence-electron chi connectivity index (χ2n) is 5.63. The molecule has 2 heteroatoms. The summed E-state index contributed by atoms with van der Waals surface area (Å²) in [6, 6.07) is 15.6. The minimum atomic E-state index is 0.365. The first kappa shape index (κ1) is 13.6. The van der Waals surface area contributed by atoms with Crippen molar-refractivity contribution in [2.75, 3.05) is 13.7 Å². The third kappa shape index (κ3) is 2.87. The van der Waals surface area contributed by atoms with Crippen molar-refractivity contribution in [3.05, 3.63) is 48.0 Å². The van der Waals surface area contributed by atoms with Crippen molar-refractivity contribution >= 4 is 10.8 Å². The van der Waals surface area contributed by atoms with Crippen LogP contribution in [0.25, 0.3) is 10.8 Å². The zero-order valence-corrected chi connectivity index (χ0v) is 12.1. The third-order valence-electron chi connectivity index (χ3n) is 4.32. The van der Waals surface area contributed by atoms with Gasteiger partial charge in [-0.2, -0.15) is 0 Å². The van der Waals surface area contributed by atoms with Crippen LogP contribution in [0.2, 0.25) is 0 Å². The molecule has 1 saturated heterocycles. The van der Waals surface area contributed by atoms with Gasteiger partial charge in [0.05, 0.1) is 6.10 Å². The summed E-state index contributed by atoms with van der Waals surface area (Å²) in [5, 5.41) is 6.14. The number of nitrogens with one attached hydrogen (secondary N) is 1. The van der Waals surface area contributed by atoms with Crippen molar-refractivity contribution in [1.82, 2.24) is 5.32 Å². The molecule has 20 heavy (non-hydrogen) atoms. The zero-order valence-electron chi connectivity index (χ0n) is 12.1. The minimum Gasteiger partial charge on any atom is -0.378 e. The van der Waals surface area contributed by atoms with Crippen LogP contribution in [0, 0.1) is 0 Å². The normalized spacial score (nSPS) is 20.9. The van der Waals surface area contributed by atoms with Gasteiger partial charge in [-0.1, -0.05) is 42.5 Å². The maximum absolute atomic E-state index is 5.90. The van der Waals surface area contributed by atoms with Gasteiger partial charge < -0.3 is 10.1 Å². The van der Waals surface area contributed by atoms with E-state index >= 15 is 0 Å². The molecule has 106 valence electrons. The molecular weight excluding hydrogens is 246 g/mol. The molecule has 2 unspecified atom stereocenters. The summed E-state index contributed by atoms with van der Waals surface area (Å²) < 4.78 is 5.90. The standard InChI is InChI=1S/C18H23NO/c1-19-18(13-15-9-4-5-12-20-15)17-11-6-8-14-7-2-3-10-16(14)17/h2-3,6-8,10-11,15,18-19H,4-5,9,12-13H2,1H3. The van der Waals surface area contributed by atoms with Gasteiger partial charge >= 0.3 is 0 Å². The Morgan fingerprint density at radius 3 is 2.80 bits per heavy atom. The zero-order chi connectivity index (χ0) is 13.8. The first-order valence-corrected chi connectivity index (χ1v) is 7.65. The highest BCUT2D eigenvalue weighted by Gasteiger charge is 2.20. The Hall–Kier alpha value is -1.38. The molecule has 2 aromatic carbocycles. The molecule has 2 aromatic rings. The molecular formula is C18H23NO. The predicted octanol–water partition coefficient (Wildman–Crippen LogP) is 4.06. The van der Waals surface area contributed by atoms with Gasteiger partial charge in [0.2, 0.25) is 0 Å². The van der Waals surface area contributed by atoms with Crippen molar-refractivity contribution < 1.29 is 4.74 Å². The minimum absolute atomic E-state index is 0.365. The molecule has 0 amide bonds. The van der Waals surface area contributed by atoms with E-state index < -0.39 is 0 Å². The molecule has 0 aliphatic carbocycles. The highest BCUT2D eigenvalue weighted by atomic mass is 16.5. The second kappa shape index (κ2) is 6.38. The molecule has 0 radical (unpaired) electrons. The van der Waals surface area contributed by atoms with Crippen molar-refractivity contribution in [2.45, 2.75) is 37.8 Å². The number of ether oxygens (including phenoxy) is 1. The van der Waals surface area contributed by atoms with Gasteiger partial charge in [0, 0.05) is 12.6 Å². The van der Waals surface area contributed by atoms with Crippen LogP contribution in [-0.2, 0) is 4.74 Å². The van der Waals surface area contributed by atoms with E-state index in [0.29, 0.717) is 12.1 Å². The molecule has 3 rings (SSSR count). The van der Waals surface area contributed by atoms with Crippen LogP contribution >= 0.6 is 0 Å². The Kier molecular flexibility index (Phi) is 4.34. The van der Waals surface area contributed by atoms with Gasteiger partial charge in [0.1, 0.15) is 0 Å². The highest BCUT2D eigenvalue weighted by molar-refractivity contribution is 5.86. The summed E-state index contributed by atoms with van der Waals surface area (Å²) >= 11 is 0. The van der Waals surface area contributed by atoms with E-state index in [1.165, 1.54) is 35.6 Å². The van der Waals surface area contributed by atoms with Crippen LogP contribution < -0.4 is 5.32 Å². The molecule has 1 aliphatic rings. The van der Waals surface area contributed by atoms with Crippen molar-refractivity contribution in [3.8, 4) is 0 Å². The van der Waals surface area contributed by atoms with E-state index in [1.807, 2.05) is 0 Å². The molecule has 0 saturated carbocycles. The first-order valence-electron chi connectivity index (χ1n) is 7.65. The SMILES string of the molecule is CNC(CC1CCCCO1)c1cccc2ccccc12. The summed E-state index contributed by atoms with van der Waals surface area (Å²) in [7, 11) is 2.05. The first-order chi connectivity index (χ1) is 9.88. The lowest BCUT2D eigenvalue weighted by molar-refractivity contribution is 0.00556. The topological polar surface area (TPSA) is 21.3 Å². The van der Waals surface area contributed by atoms with Crippen LogP contribution in [-0.4, -0.2) is 19.8 Å². The van der Waals surface area contributed by atoms with Crippen molar-refractivity contribution in [2.24, 2.45) is 0 Å². The van der Waals surface area contributed by atoms with Crippen molar-refractivity contribution in [3.63, 3.8) is 0 Å². The Bertz CT molecular complexity index is 555. The van der Waals surface area contributed by atoms with Crippen LogP contribution in [0.5, 0.6) is 0 Å². The maximum atomic E-state index is 5.90. The molecule has 2 atom stereocenters. The Morgan fingerprint density at radius 2 is 2.00 bits per heavy atom. The quantitative estimate of drug-likeness (QED) is 0.903. The van der Waals surface area contributed by atoms with Gasteiger partial charge in [-0.3, -0.25) is 0 Å². The number of hydrogen-bond donors (Lipinski definition) is 1. The predicted molar refractivity (Wildman–Crippen MR) is 84.0 cm³/mol. The molecule has 0 spiro atoms. The summed E-state index contributed by atoms with van der Waals surface area (Å²) in [5.41, 5.74) is 1.39. The van der Waals surface area contributed by atoms with Crippen LogP contribution in [0.4, 0.5) is 0 Å². The van der Waals surface area contributed by atoms with Crippen LogP contribution in [0.15, 0.2) is 42.5 Å². The molecule has 1 fully saturated rings. The summed E-state index contributed by atoms with van der Waals surface area (Å²) in [4.78, 5) is 0. The smallest absolute Gasteiger partial charge is 0.0593 e. The number of hydrogen-bond acceptors (Lipinski definition) is 2. The fourth-order valence-electron chi connectivity index (χ4n) is 3.21. The molecule has 0 bridgehead atoms. The largest absolute Gasteiger partial charge is 0.378 e. The second-order valence-corrected chi connectivity index (χ2v) is 5.63. The summed E-state index contributed by atoms with van der Waals surface area (Å²) in [6.45, 7) is 0.927. The summed E-state index contributed by atoms with van der Waals surface area (Å²) in [5.74, 6) is 0. The molecule has 2 nitrogen and oxygen atoms in total. The lowest BCUT2D eigenvalue weighted by Gasteiger charge is -2.27. The molecule has 1 heterocycles. The van der Waals surface area contributed by atoms with E-state index in [0.717, 1.165) is 13.0 Å². The number of fused-ring (bicyclic) bond motifs is 1. The van der Waals surface area contributed by atoms with E-state index in [4.69, 9.17) is 4.74 Å². The van der Waals surface area contributed by atoms with Gasteiger partial charge in [-0.15, -0.1) is 0 Å². The molecule has 1 N–H and O–H groups in total. The monoisotopic (exact) mass is 269 g/mol. The Morgan fingerprint density at radius 1 is 1.15 bits per heavy atom. The fraction of sp³-hybridized carbons (Fsp3) is 0.444. The lowest BCUT2D eigenvalue weighted by Crippen LogP contribution is -2.27. The number of rotatable bonds is 4. The van der Waals surface area contributed by atoms with E-state index in [2.05, 4.69) is 54.8 Å². The number of benzene rings is 2. The van der Waals surface area contributed by atoms with Gasteiger partial charge in [0.15, 0.2) is 0 Å². The average Bonchev–Trinajstić information content (AvgIpc) is 2.53. The lowest BCUT2D eigenvalue weighted by atomic mass is 9.93. The van der Waals surface area contributed by atoms with Gasteiger partial charge in [-0.05, 0) is 49.1 Å². The molecule has 1 aliphatic heterocycles. The fourth-order valence-corrected chi connectivity index (χ4v) is 3.21. The average molecular weight is 269 g/mol. The van der Waals surface area contributed by atoms with Crippen LogP contribution in [0.3, 0.4) is 0 Å². The third-order valence-corrected chi connectivity index (χ3v) is 4.32. The summed E-state index contributed by atoms with van der Waals surface area (Å²) in [6.07, 6.45) is 5.18. The van der Waals surface area contributed by atoms with E-state index in [-0.39, 0.29) is 0 Å². The van der Waals surface area contributed by atoms with Gasteiger partial charge in [-0.25, -0.2) is 0 Å². The molecule has 0 aromatic heterocycles. The maximum Gasteiger partial charge on any atom is 0.0593 e. The van der Waals surface area contributed by atoms with E-state index in [9.17, 15) is 0 Å². The Balaban J connectivity index is 1.86. The Labute approximate surface area is 121 Å². The van der Waals surface area contributed by atoms with Gasteiger partial charge in [0.25, 0.3) is 0 Å².